The van der Waals surface area contributed by atoms with Crippen molar-refractivity contribution in [2.75, 3.05) is 20.6 Å². The summed E-state index contributed by atoms with van der Waals surface area (Å²) in [6.45, 7) is 1.14. The minimum atomic E-state index is -0.574. The number of nitrogens with two attached hydrogens (primary N) is 1. The van der Waals surface area contributed by atoms with Gasteiger partial charge in [-0.25, -0.2) is 0 Å². The van der Waals surface area contributed by atoms with E-state index in [0.29, 0.717) is 12.1 Å². The van der Waals surface area contributed by atoms with E-state index in [4.69, 9.17) is 5.73 Å². The van der Waals surface area contributed by atoms with E-state index >= 15 is 0 Å². The first-order valence-electron chi connectivity index (χ1n) is 8.58. The number of hydrogen-bond donors (Lipinski definition) is 3. The molecule has 0 spiro atoms. The fourth-order valence-corrected chi connectivity index (χ4v) is 2.59. The van der Waals surface area contributed by atoms with E-state index in [9.17, 15) is 9.59 Å². The molecule has 0 fully saturated rings. The van der Waals surface area contributed by atoms with E-state index < -0.39 is 5.91 Å². The summed E-state index contributed by atoms with van der Waals surface area (Å²) in [6.07, 6.45) is 2.01. The second-order valence-corrected chi connectivity index (χ2v) is 6.21. The Morgan fingerprint density at radius 1 is 1.18 bits per heavy atom. The zero-order valence-corrected chi connectivity index (χ0v) is 18.6. The second kappa shape index (κ2) is 11.3. The molecule has 152 valence electrons. The van der Waals surface area contributed by atoms with Gasteiger partial charge >= 0.3 is 0 Å². The van der Waals surface area contributed by atoms with Crippen LogP contribution in [0.1, 0.15) is 21.6 Å². The van der Waals surface area contributed by atoms with Crippen LogP contribution in [0.4, 0.5) is 0 Å². The van der Waals surface area contributed by atoms with Gasteiger partial charge in [-0.15, -0.1) is 24.0 Å². The van der Waals surface area contributed by atoms with Crippen molar-refractivity contribution >= 4 is 41.8 Å². The maximum absolute atomic E-state index is 11.9. The lowest BCUT2D eigenvalue weighted by Crippen LogP contribution is -2.38. The third kappa shape index (κ3) is 6.87. The number of halogens is 1. The third-order valence-electron chi connectivity index (χ3n) is 4.11. The molecule has 1 heterocycles. The first kappa shape index (κ1) is 23.5. The van der Waals surface area contributed by atoms with Crippen LogP contribution in [0.25, 0.3) is 0 Å². The van der Waals surface area contributed by atoms with Gasteiger partial charge in [0.25, 0.3) is 5.91 Å². The van der Waals surface area contributed by atoms with Crippen molar-refractivity contribution in [1.82, 2.24) is 20.1 Å². The average Bonchev–Trinajstić information content (AvgIpc) is 3.05. The number of aryl methyl sites for hydroxylation is 1. The average molecular weight is 498 g/mol. The van der Waals surface area contributed by atoms with Crippen molar-refractivity contribution in [2.24, 2.45) is 17.8 Å². The summed E-state index contributed by atoms with van der Waals surface area (Å²) < 4.78 is 2.08. The summed E-state index contributed by atoms with van der Waals surface area (Å²) in [5.41, 5.74) is 7.69. The summed E-state index contributed by atoms with van der Waals surface area (Å²) >= 11 is 0. The quantitative estimate of drug-likeness (QED) is 0.302. The molecule has 0 aliphatic carbocycles. The number of aliphatic imine (C=N–C) groups is 1. The van der Waals surface area contributed by atoms with Crippen LogP contribution in [0.3, 0.4) is 0 Å². The van der Waals surface area contributed by atoms with E-state index in [1.807, 2.05) is 43.4 Å². The molecule has 0 atom stereocenters. The van der Waals surface area contributed by atoms with Crippen LogP contribution in [0.5, 0.6) is 0 Å². The number of benzene rings is 1. The number of nitrogens with zero attached hydrogens (tertiary/aromatic N) is 3. The van der Waals surface area contributed by atoms with E-state index in [-0.39, 0.29) is 36.4 Å². The maximum Gasteiger partial charge on any atom is 0.251 e. The van der Waals surface area contributed by atoms with Crippen LogP contribution >= 0.6 is 24.0 Å². The number of nitrogens with one attached hydrogen (secondary N) is 2. The van der Waals surface area contributed by atoms with Crippen LogP contribution in [-0.2, 0) is 24.9 Å². The molecule has 0 aliphatic heterocycles. The minimum Gasteiger partial charge on any atom is -0.368 e. The Labute approximate surface area is 182 Å². The first-order chi connectivity index (χ1) is 12.9. The molecule has 0 unspecified atom stereocenters. The Bertz CT molecular complexity index is 816. The molecule has 0 bridgehead atoms. The lowest BCUT2D eigenvalue weighted by molar-refractivity contribution is -0.117. The lowest BCUT2D eigenvalue weighted by Gasteiger charge is -2.22. The molecule has 1 aromatic carbocycles. The Hall–Kier alpha value is -2.56. The number of guanidine groups is 1. The monoisotopic (exact) mass is 498 g/mol. The van der Waals surface area contributed by atoms with Gasteiger partial charge in [0.15, 0.2) is 5.96 Å². The van der Waals surface area contributed by atoms with Gasteiger partial charge in [-0.1, -0.05) is 12.1 Å². The number of hydrogen-bond acceptors (Lipinski definition) is 3. The highest BCUT2D eigenvalue weighted by Gasteiger charge is 2.09. The molecule has 28 heavy (non-hydrogen) atoms. The summed E-state index contributed by atoms with van der Waals surface area (Å²) in [7, 11) is 5.74. The van der Waals surface area contributed by atoms with Crippen molar-refractivity contribution in [3.8, 4) is 0 Å². The van der Waals surface area contributed by atoms with E-state index in [1.54, 1.807) is 19.2 Å². The van der Waals surface area contributed by atoms with Crippen LogP contribution in [0.2, 0.25) is 0 Å². The van der Waals surface area contributed by atoms with Gasteiger partial charge in [-0.05, 0) is 29.8 Å². The predicted molar refractivity (Wildman–Crippen MR) is 120 cm³/mol. The van der Waals surface area contributed by atoms with Gasteiger partial charge < -0.3 is 25.8 Å². The van der Waals surface area contributed by atoms with Crippen molar-refractivity contribution in [2.45, 2.75) is 13.1 Å². The molecule has 8 nitrogen and oxygen atoms in total. The maximum atomic E-state index is 11.9. The predicted octanol–water partition coefficient (Wildman–Crippen LogP) is 1.07. The van der Waals surface area contributed by atoms with Gasteiger partial charge in [0, 0.05) is 45.1 Å². The zero-order chi connectivity index (χ0) is 19.8. The van der Waals surface area contributed by atoms with Gasteiger partial charge in [-0.2, -0.15) is 0 Å². The van der Waals surface area contributed by atoms with Gasteiger partial charge in [0.2, 0.25) is 5.91 Å². The smallest absolute Gasteiger partial charge is 0.251 e. The van der Waals surface area contributed by atoms with E-state index in [1.165, 1.54) is 5.69 Å². The number of carbonyl (C=O) groups is 2. The molecule has 4 N–H and O–H groups in total. The number of amides is 2. The van der Waals surface area contributed by atoms with Crippen molar-refractivity contribution in [3.05, 3.63) is 59.4 Å². The molecule has 0 saturated heterocycles. The molecule has 2 rings (SSSR count). The molecular formula is C19H27IN6O2. The van der Waals surface area contributed by atoms with E-state index in [2.05, 4.69) is 26.3 Å². The van der Waals surface area contributed by atoms with Crippen LogP contribution in [0.15, 0.2) is 47.6 Å². The molecule has 1 aromatic heterocycles. The Kier molecular flexibility index (Phi) is 9.49. The van der Waals surface area contributed by atoms with Gasteiger partial charge in [0.05, 0.1) is 13.1 Å². The Morgan fingerprint density at radius 3 is 2.39 bits per heavy atom. The molecule has 0 saturated carbocycles. The highest BCUT2D eigenvalue weighted by Crippen LogP contribution is 2.06. The van der Waals surface area contributed by atoms with Crippen LogP contribution < -0.4 is 16.4 Å². The van der Waals surface area contributed by atoms with Crippen molar-refractivity contribution in [3.63, 3.8) is 0 Å². The fraction of sp³-hybridized carbons (Fsp3) is 0.316. The van der Waals surface area contributed by atoms with Crippen LogP contribution in [-0.4, -0.2) is 47.9 Å². The van der Waals surface area contributed by atoms with Crippen LogP contribution in [0, 0.1) is 0 Å². The number of primary amides is 1. The summed E-state index contributed by atoms with van der Waals surface area (Å²) in [6, 6.07) is 11.2. The highest BCUT2D eigenvalue weighted by atomic mass is 127. The van der Waals surface area contributed by atoms with Crippen molar-refractivity contribution in [1.29, 1.82) is 0 Å². The lowest BCUT2D eigenvalue weighted by atomic mass is 10.1. The van der Waals surface area contributed by atoms with Gasteiger partial charge in [0.1, 0.15) is 0 Å². The molecule has 2 aromatic rings. The molecule has 9 heteroatoms. The highest BCUT2D eigenvalue weighted by molar-refractivity contribution is 14.0. The molecular weight excluding hydrogens is 471 g/mol. The number of rotatable bonds is 7. The van der Waals surface area contributed by atoms with E-state index in [0.717, 1.165) is 18.1 Å². The molecule has 0 aliphatic rings. The second-order valence-electron chi connectivity index (χ2n) is 6.21. The molecule has 0 radical (unpaired) electrons. The Balaban J connectivity index is 0.00000392. The van der Waals surface area contributed by atoms with Gasteiger partial charge in [-0.3, -0.25) is 14.6 Å². The third-order valence-corrected chi connectivity index (χ3v) is 4.11. The SMILES string of the molecule is CN=C(NCc1ccc(C(=O)NCC(N)=O)cc1)N(C)Cc1cccn1C.I. The minimum absolute atomic E-state index is 0. The first-order valence-corrected chi connectivity index (χ1v) is 8.58. The topological polar surface area (TPSA) is 105 Å². The normalized spacial score (nSPS) is 10.8. The summed E-state index contributed by atoms with van der Waals surface area (Å²) in [5.74, 6) is -0.124. The number of aromatic nitrogens is 1. The van der Waals surface area contributed by atoms with Crippen molar-refractivity contribution < 1.29 is 9.59 Å². The summed E-state index contributed by atoms with van der Waals surface area (Å²) in [5, 5.41) is 5.77. The largest absolute Gasteiger partial charge is 0.368 e. The summed E-state index contributed by atoms with van der Waals surface area (Å²) in [4.78, 5) is 29.0. The Morgan fingerprint density at radius 2 is 1.86 bits per heavy atom. The molecule has 2 amide bonds. The standard InChI is InChI=1S/C19H26N6O2.HI/c1-21-19(25(3)13-16-5-4-10-24(16)2)23-11-14-6-8-15(9-7-14)18(27)22-12-17(20)26;/h4-10H,11-13H2,1-3H3,(H2,20,26)(H,21,23)(H,22,27);1H. The fourth-order valence-electron chi connectivity index (χ4n) is 2.59. The number of carbonyl (C=O) groups excluding carboxylic acids is 2. The zero-order valence-electron chi connectivity index (χ0n) is 16.3.